The Kier molecular flexibility index (Phi) is 7.04. The van der Waals surface area contributed by atoms with Crippen LogP contribution in [0.4, 0.5) is 0 Å². The van der Waals surface area contributed by atoms with Crippen LogP contribution in [0.25, 0.3) is 5.70 Å². The fourth-order valence-electron chi connectivity index (χ4n) is 3.36. The third kappa shape index (κ3) is 4.76. The van der Waals surface area contributed by atoms with E-state index in [4.69, 9.17) is 11.5 Å². The van der Waals surface area contributed by atoms with Crippen LogP contribution in [-0.2, 0) is 4.79 Å². The molecule has 5 nitrogen and oxygen atoms in total. The smallest absolute Gasteiger partial charge is 0.133 e. The molecule has 1 aliphatic rings. The molecular weight excluding hydrogens is 326 g/mol. The summed E-state index contributed by atoms with van der Waals surface area (Å²) in [5.74, 6) is 0.525. The number of likely N-dealkylation sites (tertiary alicyclic amines) is 1. The Morgan fingerprint density at radius 2 is 2.00 bits per heavy atom. The molecule has 1 fully saturated rings. The molecule has 1 aromatic carbocycles. The molecule has 5 heteroatoms. The lowest BCUT2D eigenvalue weighted by atomic mass is 9.87. The summed E-state index contributed by atoms with van der Waals surface area (Å²) >= 11 is 0. The molecule has 0 radical (unpaired) electrons. The van der Waals surface area contributed by atoms with Gasteiger partial charge in [0.15, 0.2) is 0 Å². The molecule has 1 heterocycles. The molecule has 1 saturated heterocycles. The van der Waals surface area contributed by atoms with Crippen molar-refractivity contribution in [2.45, 2.75) is 32.6 Å². The number of hydrogen-bond acceptors (Lipinski definition) is 5. The Balaban J connectivity index is 2.27. The Bertz CT molecular complexity index is 723. The molecule has 0 aromatic heterocycles. The Morgan fingerprint density at radius 1 is 1.31 bits per heavy atom. The summed E-state index contributed by atoms with van der Waals surface area (Å²) in [5, 5.41) is 10.8. The first-order valence-electron chi connectivity index (χ1n) is 8.99. The second kappa shape index (κ2) is 9.25. The number of nitrogens with zero attached hydrogens (tertiary/aromatic N) is 1. The van der Waals surface area contributed by atoms with Crippen LogP contribution in [0.5, 0.6) is 5.75 Å². The molecule has 0 bridgehead atoms. The van der Waals surface area contributed by atoms with E-state index < -0.39 is 0 Å². The van der Waals surface area contributed by atoms with Gasteiger partial charge in [0.1, 0.15) is 12.0 Å². The van der Waals surface area contributed by atoms with E-state index in [0.717, 1.165) is 48.9 Å². The van der Waals surface area contributed by atoms with Crippen LogP contribution in [0.2, 0.25) is 0 Å². The number of aldehydes is 1. The number of phenolic OH excluding ortho intramolecular Hbond substituents is 1. The SMILES string of the molecule is CC(C)=C(/C=C\N)/C=C(\N)c1cccc(C2CCN(CC=O)CC2)c1O. The largest absolute Gasteiger partial charge is 0.507 e. The highest BCUT2D eigenvalue weighted by Crippen LogP contribution is 2.37. The van der Waals surface area contributed by atoms with Crippen molar-refractivity contribution in [1.29, 1.82) is 0 Å². The number of rotatable bonds is 6. The first kappa shape index (κ1) is 19.8. The van der Waals surface area contributed by atoms with Crippen molar-refractivity contribution in [1.82, 2.24) is 4.90 Å². The summed E-state index contributed by atoms with van der Waals surface area (Å²) in [6.07, 6.45) is 7.90. The molecule has 0 spiro atoms. The molecule has 0 saturated carbocycles. The molecule has 26 heavy (non-hydrogen) atoms. The van der Waals surface area contributed by atoms with Crippen molar-refractivity contribution in [2.75, 3.05) is 19.6 Å². The number of carbonyl (C=O) groups excluding carboxylic acids is 1. The van der Waals surface area contributed by atoms with Gasteiger partial charge in [0.25, 0.3) is 0 Å². The van der Waals surface area contributed by atoms with E-state index in [-0.39, 0.29) is 11.7 Å². The molecule has 2 rings (SSSR count). The van der Waals surface area contributed by atoms with Gasteiger partial charge in [0.05, 0.1) is 6.54 Å². The molecule has 0 amide bonds. The molecule has 0 unspecified atom stereocenters. The number of piperidine rings is 1. The van der Waals surface area contributed by atoms with Gasteiger partial charge in [-0.2, -0.15) is 0 Å². The molecular formula is C21H29N3O2. The average molecular weight is 355 g/mol. The normalized spacial score (nSPS) is 16.8. The van der Waals surface area contributed by atoms with Gasteiger partial charge in [-0.15, -0.1) is 0 Å². The van der Waals surface area contributed by atoms with Crippen LogP contribution in [0.15, 0.2) is 47.7 Å². The lowest BCUT2D eigenvalue weighted by molar-refractivity contribution is -0.109. The van der Waals surface area contributed by atoms with Gasteiger partial charge in [0.2, 0.25) is 0 Å². The van der Waals surface area contributed by atoms with E-state index in [2.05, 4.69) is 4.90 Å². The molecule has 0 aliphatic carbocycles. The van der Waals surface area contributed by atoms with Gasteiger partial charge >= 0.3 is 0 Å². The summed E-state index contributed by atoms with van der Waals surface area (Å²) in [4.78, 5) is 12.8. The zero-order valence-electron chi connectivity index (χ0n) is 15.6. The number of benzene rings is 1. The predicted molar refractivity (Wildman–Crippen MR) is 106 cm³/mol. The topological polar surface area (TPSA) is 92.6 Å². The van der Waals surface area contributed by atoms with Crippen LogP contribution in [0, 0.1) is 0 Å². The monoisotopic (exact) mass is 355 g/mol. The molecule has 1 aromatic rings. The highest BCUT2D eigenvalue weighted by atomic mass is 16.3. The first-order chi connectivity index (χ1) is 12.5. The van der Waals surface area contributed by atoms with E-state index in [9.17, 15) is 9.90 Å². The quantitative estimate of drug-likeness (QED) is 0.539. The minimum atomic E-state index is 0.250. The van der Waals surface area contributed by atoms with Gasteiger partial charge in [-0.05, 0) is 81.3 Å². The fourth-order valence-corrected chi connectivity index (χ4v) is 3.36. The first-order valence-corrected chi connectivity index (χ1v) is 8.99. The van der Waals surface area contributed by atoms with Crippen molar-refractivity contribution in [3.8, 4) is 5.75 Å². The maximum absolute atomic E-state index is 10.8. The molecule has 140 valence electrons. The molecule has 0 atom stereocenters. The van der Waals surface area contributed by atoms with Crippen LogP contribution >= 0.6 is 0 Å². The van der Waals surface area contributed by atoms with E-state index in [1.807, 2.05) is 38.1 Å². The number of phenols is 1. The summed E-state index contributed by atoms with van der Waals surface area (Å²) in [7, 11) is 0. The zero-order chi connectivity index (χ0) is 19.1. The van der Waals surface area contributed by atoms with Crippen molar-refractivity contribution in [2.24, 2.45) is 11.5 Å². The van der Waals surface area contributed by atoms with Gasteiger partial charge in [-0.1, -0.05) is 17.7 Å². The number of para-hydroxylation sites is 1. The average Bonchev–Trinajstić information content (AvgIpc) is 2.62. The van der Waals surface area contributed by atoms with Crippen molar-refractivity contribution in [3.63, 3.8) is 0 Å². The van der Waals surface area contributed by atoms with Crippen molar-refractivity contribution >= 4 is 12.0 Å². The minimum Gasteiger partial charge on any atom is -0.507 e. The second-order valence-corrected chi connectivity index (χ2v) is 6.90. The standard InChI is InChI=1S/C21H29N3O2/c1-15(2)17(6-9-22)14-20(23)19-5-3-4-18(21(19)26)16-7-10-24(11-8-16)12-13-25/h3-6,9,13-14,16,26H,7-8,10-12,22-23H2,1-2H3/b9-6-,20-14-. The van der Waals surface area contributed by atoms with Gasteiger partial charge in [-0.25, -0.2) is 0 Å². The van der Waals surface area contributed by atoms with Crippen LogP contribution in [-0.4, -0.2) is 35.9 Å². The van der Waals surface area contributed by atoms with Crippen LogP contribution in [0.1, 0.15) is 43.7 Å². The number of allylic oxidation sites excluding steroid dienone is 4. The number of carbonyl (C=O) groups is 1. The lowest BCUT2D eigenvalue weighted by Gasteiger charge is -2.31. The molecule has 1 aliphatic heterocycles. The van der Waals surface area contributed by atoms with E-state index in [1.165, 1.54) is 6.20 Å². The third-order valence-electron chi connectivity index (χ3n) is 4.90. The number of aromatic hydroxyl groups is 1. The lowest BCUT2D eigenvalue weighted by Crippen LogP contribution is -2.34. The van der Waals surface area contributed by atoms with Crippen LogP contribution in [0.3, 0.4) is 0 Å². The zero-order valence-corrected chi connectivity index (χ0v) is 15.6. The maximum atomic E-state index is 10.8. The van der Waals surface area contributed by atoms with Gasteiger partial charge < -0.3 is 21.4 Å². The highest BCUT2D eigenvalue weighted by Gasteiger charge is 2.23. The number of nitrogens with two attached hydrogens (primary N) is 2. The highest BCUT2D eigenvalue weighted by molar-refractivity contribution is 5.72. The summed E-state index contributed by atoms with van der Waals surface area (Å²) in [6.45, 7) is 6.18. The molecule has 5 N–H and O–H groups in total. The summed E-state index contributed by atoms with van der Waals surface area (Å²) < 4.78 is 0. The van der Waals surface area contributed by atoms with Crippen molar-refractivity contribution < 1.29 is 9.90 Å². The minimum absolute atomic E-state index is 0.250. The maximum Gasteiger partial charge on any atom is 0.133 e. The third-order valence-corrected chi connectivity index (χ3v) is 4.90. The van der Waals surface area contributed by atoms with E-state index >= 15 is 0 Å². The Hall–Kier alpha value is -2.53. The number of hydrogen-bond donors (Lipinski definition) is 3. The predicted octanol–water partition coefficient (Wildman–Crippen LogP) is 2.88. The Labute approximate surface area is 155 Å². The summed E-state index contributed by atoms with van der Waals surface area (Å²) in [6, 6.07) is 5.73. The fraction of sp³-hybridized carbons (Fsp3) is 0.381. The van der Waals surface area contributed by atoms with Crippen molar-refractivity contribution in [3.05, 3.63) is 58.8 Å². The summed E-state index contributed by atoms with van der Waals surface area (Å²) in [5.41, 5.74) is 15.9. The van der Waals surface area contributed by atoms with Gasteiger partial charge in [0, 0.05) is 11.3 Å². The second-order valence-electron chi connectivity index (χ2n) is 6.90. The van der Waals surface area contributed by atoms with E-state index in [0.29, 0.717) is 17.8 Å². The van der Waals surface area contributed by atoms with E-state index in [1.54, 1.807) is 6.08 Å². The van der Waals surface area contributed by atoms with Gasteiger partial charge in [-0.3, -0.25) is 4.90 Å². The van der Waals surface area contributed by atoms with Crippen LogP contribution < -0.4 is 11.5 Å². The Morgan fingerprint density at radius 3 is 2.58 bits per heavy atom.